The molecule has 1 nitrogen and oxygen atoms in total. The second-order valence-electron chi connectivity index (χ2n) is 3.03. The van der Waals surface area contributed by atoms with Crippen molar-refractivity contribution in [2.75, 3.05) is 0 Å². The van der Waals surface area contributed by atoms with Gasteiger partial charge in [-0.2, -0.15) is 0 Å². The van der Waals surface area contributed by atoms with E-state index in [0.29, 0.717) is 0 Å². The number of rotatable bonds is 0. The summed E-state index contributed by atoms with van der Waals surface area (Å²) in [6.45, 7) is 0. The third-order valence-electron chi connectivity index (χ3n) is 2.10. The zero-order valence-corrected chi connectivity index (χ0v) is 8.38. The van der Waals surface area contributed by atoms with Gasteiger partial charge in [0.25, 0.3) is 0 Å². The van der Waals surface area contributed by atoms with E-state index < -0.39 is 0 Å². The number of alkyl halides is 1. The van der Waals surface area contributed by atoms with Gasteiger partial charge in [-0.3, -0.25) is 0 Å². The molecule has 2 rings (SSSR count). The van der Waals surface area contributed by atoms with Crippen LogP contribution in [0.2, 0.25) is 0 Å². The normalized spacial score (nSPS) is 22.2. The molecule has 1 aromatic rings. The van der Waals surface area contributed by atoms with E-state index in [0.717, 1.165) is 18.6 Å². The number of ether oxygens (including phenoxy) is 1. The summed E-state index contributed by atoms with van der Waals surface area (Å²) in [7, 11) is 0. The molecule has 0 saturated carbocycles. The standard InChI is InChI=1S/C10H11BrO/c11-10-7-3-5-8-4-1-2-6-9(8)12-10/h1-2,4,6,10H,3,5,7H2. The Morgan fingerprint density at radius 1 is 1.33 bits per heavy atom. The van der Waals surface area contributed by atoms with Gasteiger partial charge in [0.1, 0.15) is 5.75 Å². The first-order valence-corrected chi connectivity index (χ1v) is 5.16. The molecular formula is C10H11BrO. The largest absolute Gasteiger partial charge is 0.479 e. The molecule has 12 heavy (non-hydrogen) atoms. The molecule has 0 saturated heterocycles. The van der Waals surface area contributed by atoms with E-state index in [1.807, 2.05) is 12.1 Å². The monoisotopic (exact) mass is 226 g/mol. The van der Waals surface area contributed by atoms with E-state index in [-0.39, 0.29) is 5.01 Å². The van der Waals surface area contributed by atoms with Gasteiger partial charge in [-0.25, -0.2) is 0 Å². The molecule has 0 amide bonds. The molecule has 1 aromatic carbocycles. The summed E-state index contributed by atoms with van der Waals surface area (Å²) in [4.78, 5) is 0. The molecule has 0 radical (unpaired) electrons. The Bertz CT molecular complexity index is 272. The maximum atomic E-state index is 5.67. The number of fused-ring (bicyclic) bond motifs is 1. The Hall–Kier alpha value is -0.500. The first-order valence-electron chi connectivity index (χ1n) is 4.25. The van der Waals surface area contributed by atoms with Gasteiger partial charge in [0, 0.05) is 0 Å². The summed E-state index contributed by atoms with van der Waals surface area (Å²) in [5.41, 5.74) is 1.33. The Balaban J connectivity index is 2.31. The average Bonchev–Trinajstić information content (AvgIpc) is 2.25. The number of halogens is 1. The van der Waals surface area contributed by atoms with Gasteiger partial charge in [0.05, 0.1) is 0 Å². The highest BCUT2D eigenvalue weighted by Crippen LogP contribution is 2.27. The van der Waals surface area contributed by atoms with Crippen molar-refractivity contribution in [2.45, 2.75) is 24.3 Å². The minimum absolute atomic E-state index is 0.196. The minimum atomic E-state index is 0.196. The van der Waals surface area contributed by atoms with Gasteiger partial charge < -0.3 is 4.74 Å². The predicted molar refractivity (Wildman–Crippen MR) is 52.7 cm³/mol. The van der Waals surface area contributed by atoms with Crippen molar-refractivity contribution in [1.29, 1.82) is 0 Å². The number of benzene rings is 1. The van der Waals surface area contributed by atoms with E-state index in [4.69, 9.17) is 4.74 Å². The topological polar surface area (TPSA) is 9.23 Å². The van der Waals surface area contributed by atoms with Gasteiger partial charge in [-0.15, -0.1) is 0 Å². The highest BCUT2D eigenvalue weighted by molar-refractivity contribution is 9.09. The summed E-state index contributed by atoms with van der Waals surface area (Å²) in [6.07, 6.45) is 3.43. The molecule has 0 N–H and O–H groups in total. The lowest BCUT2D eigenvalue weighted by Gasteiger charge is -2.09. The fourth-order valence-corrected chi connectivity index (χ4v) is 2.00. The molecule has 64 valence electrons. The van der Waals surface area contributed by atoms with Crippen molar-refractivity contribution in [3.8, 4) is 5.75 Å². The van der Waals surface area contributed by atoms with Crippen molar-refractivity contribution in [3.63, 3.8) is 0 Å². The van der Waals surface area contributed by atoms with E-state index in [9.17, 15) is 0 Å². The van der Waals surface area contributed by atoms with E-state index in [1.54, 1.807) is 0 Å². The summed E-state index contributed by atoms with van der Waals surface area (Å²) in [5.74, 6) is 1.04. The fourth-order valence-electron chi connectivity index (χ4n) is 1.48. The van der Waals surface area contributed by atoms with Crippen LogP contribution in [0, 0.1) is 0 Å². The molecule has 1 atom stereocenters. The highest BCUT2D eigenvalue weighted by Gasteiger charge is 2.13. The fraction of sp³-hybridized carbons (Fsp3) is 0.400. The van der Waals surface area contributed by atoms with Crippen LogP contribution in [-0.2, 0) is 6.42 Å². The quantitative estimate of drug-likeness (QED) is 0.618. The molecule has 0 aliphatic carbocycles. The Kier molecular flexibility index (Phi) is 2.35. The van der Waals surface area contributed by atoms with Crippen LogP contribution in [0.5, 0.6) is 5.75 Å². The van der Waals surface area contributed by atoms with Gasteiger partial charge in [0.2, 0.25) is 0 Å². The zero-order valence-electron chi connectivity index (χ0n) is 6.79. The van der Waals surface area contributed by atoms with Crippen molar-refractivity contribution in [3.05, 3.63) is 29.8 Å². The van der Waals surface area contributed by atoms with Crippen LogP contribution in [-0.4, -0.2) is 5.01 Å². The van der Waals surface area contributed by atoms with Gasteiger partial charge in [-0.1, -0.05) is 18.2 Å². The van der Waals surface area contributed by atoms with Crippen LogP contribution >= 0.6 is 15.9 Å². The van der Waals surface area contributed by atoms with Crippen LogP contribution in [0.4, 0.5) is 0 Å². The smallest absolute Gasteiger partial charge is 0.153 e. The van der Waals surface area contributed by atoms with Crippen LogP contribution in [0.25, 0.3) is 0 Å². The first-order chi connectivity index (χ1) is 5.86. The van der Waals surface area contributed by atoms with Crippen molar-refractivity contribution in [1.82, 2.24) is 0 Å². The Morgan fingerprint density at radius 3 is 3.08 bits per heavy atom. The Morgan fingerprint density at radius 2 is 2.17 bits per heavy atom. The summed E-state index contributed by atoms with van der Waals surface area (Å²) < 4.78 is 5.67. The third kappa shape index (κ3) is 1.63. The molecular weight excluding hydrogens is 216 g/mol. The molecule has 1 aliphatic heterocycles. The predicted octanol–water partition coefficient (Wildman–Crippen LogP) is 3.12. The molecule has 1 unspecified atom stereocenters. The lowest BCUT2D eigenvalue weighted by Crippen LogP contribution is -2.05. The lowest BCUT2D eigenvalue weighted by atomic mass is 10.1. The van der Waals surface area contributed by atoms with Crippen molar-refractivity contribution in [2.24, 2.45) is 0 Å². The molecule has 0 aromatic heterocycles. The molecule has 2 heteroatoms. The summed E-state index contributed by atoms with van der Waals surface area (Å²) in [6, 6.07) is 8.26. The number of hydrogen-bond donors (Lipinski definition) is 0. The molecule has 0 spiro atoms. The lowest BCUT2D eigenvalue weighted by molar-refractivity contribution is 0.289. The maximum Gasteiger partial charge on any atom is 0.153 e. The summed E-state index contributed by atoms with van der Waals surface area (Å²) in [5, 5.41) is 0.196. The maximum absolute atomic E-state index is 5.67. The summed E-state index contributed by atoms with van der Waals surface area (Å²) >= 11 is 3.49. The van der Waals surface area contributed by atoms with Gasteiger partial charge >= 0.3 is 0 Å². The molecule has 1 heterocycles. The van der Waals surface area contributed by atoms with Gasteiger partial charge in [-0.05, 0) is 46.8 Å². The van der Waals surface area contributed by atoms with Crippen molar-refractivity contribution < 1.29 is 4.74 Å². The highest BCUT2D eigenvalue weighted by atomic mass is 79.9. The second-order valence-corrected chi connectivity index (χ2v) is 4.05. The van der Waals surface area contributed by atoms with E-state index in [1.165, 1.54) is 12.0 Å². The second kappa shape index (κ2) is 3.48. The van der Waals surface area contributed by atoms with Crippen LogP contribution < -0.4 is 4.74 Å². The van der Waals surface area contributed by atoms with E-state index in [2.05, 4.69) is 28.1 Å². The van der Waals surface area contributed by atoms with Gasteiger partial charge in [0.15, 0.2) is 5.01 Å². The first kappa shape index (κ1) is 8.11. The van der Waals surface area contributed by atoms with Crippen molar-refractivity contribution >= 4 is 15.9 Å². The third-order valence-corrected chi connectivity index (χ3v) is 2.75. The molecule has 0 bridgehead atoms. The zero-order chi connectivity index (χ0) is 8.39. The van der Waals surface area contributed by atoms with Crippen LogP contribution in [0.1, 0.15) is 18.4 Å². The van der Waals surface area contributed by atoms with Crippen LogP contribution in [0.3, 0.4) is 0 Å². The molecule has 1 aliphatic rings. The van der Waals surface area contributed by atoms with E-state index >= 15 is 0 Å². The Labute approximate surface area is 80.9 Å². The SMILES string of the molecule is BrC1CCCc2ccccc2O1. The average molecular weight is 227 g/mol. The minimum Gasteiger partial charge on any atom is -0.479 e. The number of aryl methyl sites for hydroxylation is 1. The number of hydrogen-bond acceptors (Lipinski definition) is 1. The van der Waals surface area contributed by atoms with Crippen LogP contribution in [0.15, 0.2) is 24.3 Å². The molecule has 0 fully saturated rings. The number of para-hydroxylation sites is 1.